The molecular weight excluding hydrogens is 256 g/mol. The van der Waals surface area contributed by atoms with E-state index >= 15 is 0 Å². The second-order valence-electron chi connectivity index (χ2n) is 4.20. The Morgan fingerprint density at radius 3 is 2.53 bits per heavy atom. The molecular formula is C16H12O2S. The van der Waals surface area contributed by atoms with E-state index in [4.69, 9.17) is 4.42 Å². The number of thioether (sulfide) groups is 1. The lowest BCUT2D eigenvalue weighted by atomic mass is 10.2. The first kappa shape index (κ1) is 12.1. The Kier molecular flexibility index (Phi) is 3.38. The Morgan fingerprint density at radius 2 is 1.68 bits per heavy atom. The van der Waals surface area contributed by atoms with Gasteiger partial charge in [0.15, 0.2) is 0 Å². The highest BCUT2D eigenvalue weighted by Crippen LogP contribution is 2.28. The third-order valence-electron chi connectivity index (χ3n) is 2.85. The smallest absolute Gasteiger partial charge is 0.337 e. The second kappa shape index (κ2) is 5.33. The molecule has 0 saturated carbocycles. The van der Waals surface area contributed by atoms with Crippen LogP contribution in [0.1, 0.15) is 5.56 Å². The maximum atomic E-state index is 11.5. The SMILES string of the molecule is O=c1cc(SCc2ccccc2)c2ccccc2o1. The zero-order valence-corrected chi connectivity index (χ0v) is 11.0. The van der Waals surface area contributed by atoms with Crippen LogP contribution >= 0.6 is 11.8 Å². The minimum Gasteiger partial charge on any atom is -0.423 e. The van der Waals surface area contributed by atoms with E-state index in [1.54, 1.807) is 17.8 Å². The highest BCUT2D eigenvalue weighted by Gasteiger charge is 2.05. The number of para-hydroxylation sites is 1. The minimum absolute atomic E-state index is 0.297. The van der Waals surface area contributed by atoms with Crippen molar-refractivity contribution in [3.05, 3.63) is 76.6 Å². The molecule has 2 nitrogen and oxygen atoms in total. The maximum Gasteiger partial charge on any atom is 0.337 e. The molecule has 0 fully saturated rings. The molecule has 0 N–H and O–H groups in total. The highest BCUT2D eigenvalue weighted by atomic mass is 32.2. The lowest BCUT2D eigenvalue weighted by molar-refractivity contribution is 0.557. The molecule has 3 rings (SSSR count). The van der Waals surface area contributed by atoms with E-state index in [0.29, 0.717) is 5.58 Å². The van der Waals surface area contributed by atoms with E-state index in [2.05, 4.69) is 12.1 Å². The number of rotatable bonds is 3. The van der Waals surface area contributed by atoms with Gasteiger partial charge in [-0.1, -0.05) is 48.5 Å². The Bertz CT molecular complexity index is 747. The van der Waals surface area contributed by atoms with E-state index < -0.39 is 0 Å². The van der Waals surface area contributed by atoms with Gasteiger partial charge >= 0.3 is 5.63 Å². The first-order chi connectivity index (χ1) is 9.33. The van der Waals surface area contributed by atoms with E-state index in [0.717, 1.165) is 16.0 Å². The van der Waals surface area contributed by atoms with Crippen molar-refractivity contribution in [3.63, 3.8) is 0 Å². The molecule has 0 aliphatic heterocycles. The third kappa shape index (κ3) is 2.71. The number of hydrogen-bond acceptors (Lipinski definition) is 3. The van der Waals surface area contributed by atoms with Crippen LogP contribution in [0, 0.1) is 0 Å². The quantitative estimate of drug-likeness (QED) is 0.529. The van der Waals surface area contributed by atoms with Crippen molar-refractivity contribution >= 4 is 22.7 Å². The predicted molar refractivity (Wildman–Crippen MR) is 78.5 cm³/mol. The van der Waals surface area contributed by atoms with Gasteiger partial charge in [0.05, 0.1) is 0 Å². The van der Waals surface area contributed by atoms with Crippen molar-refractivity contribution in [1.29, 1.82) is 0 Å². The van der Waals surface area contributed by atoms with E-state index in [-0.39, 0.29) is 5.63 Å². The van der Waals surface area contributed by atoms with Gasteiger partial charge < -0.3 is 4.42 Å². The molecule has 0 bridgehead atoms. The van der Waals surface area contributed by atoms with Crippen molar-refractivity contribution in [1.82, 2.24) is 0 Å². The Balaban J connectivity index is 1.94. The van der Waals surface area contributed by atoms with Gasteiger partial charge in [-0.3, -0.25) is 0 Å². The van der Waals surface area contributed by atoms with Crippen LogP contribution in [0.4, 0.5) is 0 Å². The predicted octanol–water partition coefficient (Wildman–Crippen LogP) is 4.09. The standard InChI is InChI=1S/C16H12O2S/c17-16-10-15(13-8-4-5-9-14(13)18-16)19-11-12-6-2-1-3-7-12/h1-10H,11H2. The van der Waals surface area contributed by atoms with Gasteiger partial charge in [0.1, 0.15) is 5.58 Å². The Labute approximate surface area is 115 Å². The van der Waals surface area contributed by atoms with Crippen molar-refractivity contribution in [2.75, 3.05) is 0 Å². The highest BCUT2D eigenvalue weighted by molar-refractivity contribution is 7.98. The molecule has 0 radical (unpaired) electrons. The number of benzene rings is 2. The zero-order chi connectivity index (χ0) is 13.1. The van der Waals surface area contributed by atoms with Gasteiger partial charge in [-0.2, -0.15) is 0 Å². The van der Waals surface area contributed by atoms with Crippen LogP contribution in [0.25, 0.3) is 11.0 Å². The summed E-state index contributed by atoms with van der Waals surface area (Å²) in [7, 11) is 0. The molecule has 0 aliphatic rings. The van der Waals surface area contributed by atoms with Gasteiger partial charge in [0, 0.05) is 22.1 Å². The fourth-order valence-electron chi connectivity index (χ4n) is 1.94. The summed E-state index contributed by atoms with van der Waals surface area (Å²) in [6.07, 6.45) is 0. The van der Waals surface area contributed by atoms with Gasteiger partial charge in [0.25, 0.3) is 0 Å². The van der Waals surface area contributed by atoms with Crippen molar-refractivity contribution in [2.24, 2.45) is 0 Å². The summed E-state index contributed by atoms with van der Waals surface area (Å²) in [5, 5.41) is 0.989. The van der Waals surface area contributed by atoms with Crippen LogP contribution in [-0.4, -0.2) is 0 Å². The lowest BCUT2D eigenvalue weighted by Crippen LogP contribution is -1.97. The van der Waals surface area contributed by atoms with E-state index in [9.17, 15) is 4.79 Å². The summed E-state index contributed by atoms with van der Waals surface area (Å²) in [5.41, 5.74) is 1.59. The Morgan fingerprint density at radius 1 is 0.947 bits per heavy atom. The van der Waals surface area contributed by atoms with E-state index in [1.165, 1.54) is 5.56 Å². The van der Waals surface area contributed by atoms with Crippen molar-refractivity contribution in [2.45, 2.75) is 10.6 Å². The summed E-state index contributed by atoms with van der Waals surface area (Å²) in [6, 6.07) is 19.4. The summed E-state index contributed by atoms with van der Waals surface area (Å²) in [6.45, 7) is 0. The molecule has 0 atom stereocenters. The van der Waals surface area contributed by atoms with Crippen LogP contribution in [0.5, 0.6) is 0 Å². The zero-order valence-electron chi connectivity index (χ0n) is 10.2. The molecule has 0 aliphatic carbocycles. The summed E-state index contributed by atoms with van der Waals surface area (Å²) >= 11 is 1.66. The van der Waals surface area contributed by atoms with Crippen LogP contribution in [-0.2, 0) is 5.75 Å². The average molecular weight is 268 g/mol. The lowest BCUT2D eigenvalue weighted by Gasteiger charge is -2.05. The molecule has 0 spiro atoms. The van der Waals surface area contributed by atoms with Crippen molar-refractivity contribution < 1.29 is 4.42 Å². The summed E-state index contributed by atoms with van der Waals surface area (Å²) < 4.78 is 5.19. The minimum atomic E-state index is -0.297. The molecule has 19 heavy (non-hydrogen) atoms. The van der Waals surface area contributed by atoms with Gasteiger partial charge in [-0.25, -0.2) is 4.79 Å². The maximum absolute atomic E-state index is 11.5. The van der Waals surface area contributed by atoms with E-state index in [1.807, 2.05) is 42.5 Å². The topological polar surface area (TPSA) is 30.2 Å². The fourth-order valence-corrected chi connectivity index (χ4v) is 2.95. The fraction of sp³-hybridized carbons (Fsp3) is 0.0625. The molecule has 0 saturated heterocycles. The van der Waals surface area contributed by atoms with Crippen LogP contribution in [0.3, 0.4) is 0 Å². The average Bonchev–Trinajstić information content (AvgIpc) is 2.45. The van der Waals surface area contributed by atoms with Gasteiger partial charge in [-0.15, -0.1) is 11.8 Å². The van der Waals surface area contributed by atoms with Crippen LogP contribution < -0.4 is 5.63 Å². The monoisotopic (exact) mass is 268 g/mol. The molecule has 2 aromatic carbocycles. The summed E-state index contributed by atoms with van der Waals surface area (Å²) in [5.74, 6) is 0.842. The van der Waals surface area contributed by atoms with Crippen LogP contribution in [0.2, 0.25) is 0 Å². The Hall–Kier alpha value is -2.00. The second-order valence-corrected chi connectivity index (χ2v) is 5.22. The van der Waals surface area contributed by atoms with Crippen LogP contribution in [0.15, 0.2) is 74.8 Å². The molecule has 3 aromatic rings. The normalized spacial score (nSPS) is 10.7. The molecule has 0 amide bonds. The third-order valence-corrected chi connectivity index (χ3v) is 3.98. The molecule has 94 valence electrons. The number of hydrogen-bond donors (Lipinski definition) is 0. The molecule has 0 unspecified atom stereocenters. The largest absolute Gasteiger partial charge is 0.423 e. The molecule has 1 heterocycles. The summed E-state index contributed by atoms with van der Waals surface area (Å²) in [4.78, 5) is 12.5. The van der Waals surface area contributed by atoms with Gasteiger partial charge in [0.2, 0.25) is 0 Å². The van der Waals surface area contributed by atoms with Crippen molar-refractivity contribution in [3.8, 4) is 0 Å². The number of fused-ring (bicyclic) bond motifs is 1. The first-order valence-corrected chi connectivity index (χ1v) is 7.01. The first-order valence-electron chi connectivity index (χ1n) is 6.02. The molecule has 1 aromatic heterocycles. The van der Waals surface area contributed by atoms with Gasteiger partial charge in [-0.05, 0) is 11.6 Å². The molecule has 3 heteroatoms.